The average molecular weight is 167 g/mol. The lowest BCUT2D eigenvalue weighted by Gasteiger charge is -2.06. The van der Waals surface area contributed by atoms with E-state index in [1.165, 1.54) is 4.68 Å². The molecular formula is C7H11N4O. The van der Waals surface area contributed by atoms with Gasteiger partial charge in [0.05, 0.1) is 6.17 Å². The van der Waals surface area contributed by atoms with Gasteiger partial charge in [0.1, 0.15) is 6.20 Å². The minimum absolute atomic E-state index is 0.339. The Balaban J connectivity index is 2.65. The Morgan fingerprint density at radius 3 is 3.00 bits per heavy atom. The SMILES string of the molecule is Cc1[c]nn(C(=O)NC(C)N)c1. The molecular weight excluding hydrogens is 156 g/mol. The highest BCUT2D eigenvalue weighted by molar-refractivity contribution is 5.75. The third kappa shape index (κ3) is 2.06. The van der Waals surface area contributed by atoms with E-state index < -0.39 is 0 Å². The Bertz CT molecular complexity index is 279. The van der Waals surface area contributed by atoms with Gasteiger partial charge in [-0.3, -0.25) is 0 Å². The summed E-state index contributed by atoms with van der Waals surface area (Å²) in [6.45, 7) is 3.49. The van der Waals surface area contributed by atoms with Gasteiger partial charge in [-0.1, -0.05) is 0 Å². The molecule has 12 heavy (non-hydrogen) atoms. The average Bonchev–Trinajstić information content (AvgIpc) is 2.34. The fourth-order valence-electron chi connectivity index (χ4n) is 0.739. The lowest BCUT2D eigenvalue weighted by molar-refractivity contribution is 0.236. The number of nitrogens with zero attached hydrogens (tertiary/aromatic N) is 2. The predicted octanol–water partition coefficient (Wildman–Crippen LogP) is -0.146. The minimum atomic E-state index is -0.373. The maximum atomic E-state index is 11.2. The third-order valence-electron chi connectivity index (χ3n) is 1.21. The van der Waals surface area contributed by atoms with Crippen molar-refractivity contribution in [3.05, 3.63) is 18.0 Å². The highest BCUT2D eigenvalue weighted by Crippen LogP contribution is 1.92. The number of carbonyl (C=O) groups is 1. The van der Waals surface area contributed by atoms with Crippen LogP contribution in [0.1, 0.15) is 12.5 Å². The van der Waals surface area contributed by atoms with Crippen LogP contribution >= 0.6 is 0 Å². The fourth-order valence-corrected chi connectivity index (χ4v) is 0.739. The first-order valence-electron chi connectivity index (χ1n) is 3.60. The van der Waals surface area contributed by atoms with Gasteiger partial charge < -0.3 is 11.1 Å². The van der Waals surface area contributed by atoms with Gasteiger partial charge in [-0.25, -0.2) is 4.79 Å². The van der Waals surface area contributed by atoms with Gasteiger partial charge in [-0.15, -0.1) is 0 Å². The molecule has 0 bridgehead atoms. The molecule has 3 N–H and O–H groups in total. The molecule has 1 unspecified atom stereocenters. The topological polar surface area (TPSA) is 72.9 Å². The van der Waals surface area contributed by atoms with Gasteiger partial charge in [0.25, 0.3) is 0 Å². The summed E-state index contributed by atoms with van der Waals surface area (Å²) < 4.78 is 1.17. The van der Waals surface area contributed by atoms with Gasteiger partial charge in [0.2, 0.25) is 0 Å². The summed E-state index contributed by atoms with van der Waals surface area (Å²) in [5.41, 5.74) is 6.17. The summed E-state index contributed by atoms with van der Waals surface area (Å²) >= 11 is 0. The van der Waals surface area contributed by atoms with Gasteiger partial charge in [-0.2, -0.15) is 9.78 Å². The van der Waals surface area contributed by atoms with E-state index in [9.17, 15) is 4.79 Å². The zero-order valence-corrected chi connectivity index (χ0v) is 7.03. The molecule has 1 radical (unpaired) electrons. The highest BCUT2D eigenvalue weighted by atomic mass is 16.2. The Kier molecular flexibility index (Phi) is 2.44. The van der Waals surface area contributed by atoms with Crippen LogP contribution in [0.2, 0.25) is 0 Å². The van der Waals surface area contributed by atoms with E-state index in [1.54, 1.807) is 13.1 Å². The summed E-state index contributed by atoms with van der Waals surface area (Å²) in [6, 6.07) is -0.339. The zero-order valence-electron chi connectivity index (χ0n) is 7.03. The first kappa shape index (κ1) is 8.73. The summed E-state index contributed by atoms with van der Waals surface area (Å²) in [5.74, 6) is 0. The summed E-state index contributed by atoms with van der Waals surface area (Å²) in [4.78, 5) is 11.2. The predicted molar refractivity (Wildman–Crippen MR) is 43.4 cm³/mol. The van der Waals surface area contributed by atoms with E-state index >= 15 is 0 Å². The van der Waals surface area contributed by atoms with Crippen LogP contribution < -0.4 is 11.1 Å². The van der Waals surface area contributed by atoms with Crippen LogP contribution in [-0.2, 0) is 0 Å². The van der Waals surface area contributed by atoms with E-state index in [0.29, 0.717) is 0 Å². The van der Waals surface area contributed by atoms with E-state index in [4.69, 9.17) is 5.73 Å². The van der Waals surface area contributed by atoms with Crippen molar-refractivity contribution in [1.29, 1.82) is 0 Å². The van der Waals surface area contributed by atoms with Crippen LogP contribution in [0.4, 0.5) is 4.79 Å². The van der Waals surface area contributed by atoms with Gasteiger partial charge >= 0.3 is 6.03 Å². The molecule has 0 spiro atoms. The number of nitrogens with two attached hydrogens (primary N) is 1. The molecule has 1 amide bonds. The zero-order chi connectivity index (χ0) is 9.14. The molecule has 1 aromatic heterocycles. The Morgan fingerprint density at radius 1 is 1.92 bits per heavy atom. The quantitative estimate of drug-likeness (QED) is 0.571. The van der Waals surface area contributed by atoms with Crippen molar-refractivity contribution in [1.82, 2.24) is 15.1 Å². The lowest BCUT2D eigenvalue weighted by Crippen LogP contribution is -2.41. The second-order valence-corrected chi connectivity index (χ2v) is 2.61. The van der Waals surface area contributed by atoms with E-state index in [-0.39, 0.29) is 12.2 Å². The Hall–Kier alpha value is -1.36. The van der Waals surface area contributed by atoms with Crippen molar-refractivity contribution in [2.24, 2.45) is 5.73 Å². The Morgan fingerprint density at radius 2 is 2.58 bits per heavy atom. The van der Waals surface area contributed by atoms with Crippen LogP contribution in [0.25, 0.3) is 0 Å². The summed E-state index contributed by atoms with van der Waals surface area (Å²) in [7, 11) is 0. The van der Waals surface area contributed by atoms with Crippen LogP contribution in [-0.4, -0.2) is 22.0 Å². The molecule has 0 aromatic carbocycles. The summed E-state index contributed by atoms with van der Waals surface area (Å²) in [5, 5.41) is 6.18. The first-order valence-corrected chi connectivity index (χ1v) is 3.60. The van der Waals surface area contributed by atoms with Crippen molar-refractivity contribution in [3.8, 4) is 0 Å². The number of rotatable bonds is 1. The van der Waals surface area contributed by atoms with Crippen molar-refractivity contribution in [2.75, 3.05) is 0 Å². The standard InChI is InChI=1S/C7H11N4O/c1-5-3-9-11(4-5)7(12)10-6(2)8/h4,6H,8H2,1-2H3,(H,10,12). The van der Waals surface area contributed by atoms with E-state index in [1.807, 2.05) is 6.92 Å². The molecule has 0 aliphatic carbocycles. The smallest absolute Gasteiger partial charge is 0.321 e. The van der Waals surface area contributed by atoms with E-state index in [0.717, 1.165) is 5.56 Å². The Labute approximate surface area is 70.5 Å². The fraction of sp³-hybridized carbons (Fsp3) is 0.429. The number of hydrogen-bond donors (Lipinski definition) is 2. The monoisotopic (exact) mass is 167 g/mol. The number of aryl methyl sites for hydroxylation is 1. The molecule has 5 nitrogen and oxygen atoms in total. The molecule has 0 fully saturated rings. The number of nitrogens with one attached hydrogen (secondary N) is 1. The molecule has 0 aliphatic heterocycles. The van der Waals surface area contributed by atoms with Gasteiger partial charge in [0, 0.05) is 6.20 Å². The molecule has 1 rings (SSSR count). The number of amides is 1. The maximum Gasteiger partial charge on any atom is 0.343 e. The van der Waals surface area contributed by atoms with Crippen molar-refractivity contribution >= 4 is 6.03 Å². The van der Waals surface area contributed by atoms with Gasteiger partial charge in [0.15, 0.2) is 0 Å². The second kappa shape index (κ2) is 3.36. The third-order valence-corrected chi connectivity index (χ3v) is 1.21. The highest BCUT2D eigenvalue weighted by Gasteiger charge is 2.05. The molecule has 1 aromatic rings. The minimum Gasteiger partial charge on any atom is -0.321 e. The number of carbonyl (C=O) groups excluding carboxylic acids is 1. The molecule has 1 heterocycles. The van der Waals surface area contributed by atoms with Crippen molar-refractivity contribution < 1.29 is 4.79 Å². The maximum absolute atomic E-state index is 11.2. The number of aromatic nitrogens is 2. The first-order chi connectivity index (χ1) is 5.59. The summed E-state index contributed by atoms with van der Waals surface area (Å²) in [6.07, 6.45) is 3.84. The van der Waals surface area contributed by atoms with Gasteiger partial charge in [-0.05, 0) is 19.4 Å². The molecule has 0 aliphatic rings. The second-order valence-electron chi connectivity index (χ2n) is 2.61. The molecule has 0 saturated heterocycles. The normalized spacial score (nSPS) is 12.6. The largest absolute Gasteiger partial charge is 0.343 e. The van der Waals surface area contributed by atoms with E-state index in [2.05, 4.69) is 16.6 Å². The van der Waals surface area contributed by atoms with Crippen molar-refractivity contribution in [3.63, 3.8) is 0 Å². The van der Waals surface area contributed by atoms with Crippen LogP contribution in [0.3, 0.4) is 0 Å². The van der Waals surface area contributed by atoms with Crippen LogP contribution in [0.15, 0.2) is 6.20 Å². The molecule has 65 valence electrons. The number of hydrogen-bond acceptors (Lipinski definition) is 3. The molecule has 1 atom stereocenters. The van der Waals surface area contributed by atoms with Crippen molar-refractivity contribution in [2.45, 2.75) is 20.0 Å². The van der Waals surface area contributed by atoms with Crippen LogP contribution in [0.5, 0.6) is 0 Å². The molecule has 5 heteroatoms. The molecule has 0 saturated carbocycles. The van der Waals surface area contributed by atoms with Crippen LogP contribution in [0, 0.1) is 13.1 Å². The lowest BCUT2D eigenvalue weighted by atomic mass is 10.4.